The normalized spacial score (nSPS) is 11.7. The number of hydrogen-bond acceptors (Lipinski definition) is 5. The van der Waals surface area contributed by atoms with Crippen LogP contribution in [0.2, 0.25) is 0 Å². The van der Waals surface area contributed by atoms with E-state index in [0.29, 0.717) is 11.9 Å². The van der Waals surface area contributed by atoms with Gasteiger partial charge in [-0.25, -0.2) is 13.4 Å². The molecule has 0 saturated carbocycles. The lowest BCUT2D eigenvalue weighted by Gasteiger charge is -2.17. The van der Waals surface area contributed by atoms with Crippen molar-refractivity contribution in [3.05, 3.63) is 83.6 Å². The van der Waals surface area contributed by atoms with E-state index in [4.69, 9.17) is 0 Å². The number of carbonyl (C=O) groups is 1. The molecule has 2 N–H and O–H groups in total. The van der Waals surface area contributed by atoms with Gasteiger partial charge in [0.2, 0.25) is 0 Å². The summed E-state index contributed by atoms with van der Waals surface area (Å²) in [6, 6.07) is 12.7. The standard InChI is InChI=1S/C22H21F3N4O3S/c1-29(2)20-15(7-6-12-26-20)14-27-21(30)18-10-3-4-11-19(18)28-33(31,32)17-9-5-8-16(13-17)22(23,24)25/h3-13,28H,14H2,1-2H3,(H,27,30). The molecular weight excluding hydrogens is 457 g/mol. The fourth-order valence-electron chi connectivity index (χ4n) is 3.06. The van der Waals surface area contributed by atoms with Crippen LogP contribution in [-0.2, 0) is 22.7 Å². The molecule has 0 saturated heterocycles. The highest BCUT2D eigenvalue weighted by molar-refractivity contribution is 7.92. The van der Waals surface area contributed by atoms with Crippen LogP contribution in [0.3, 0.4) is 0 Å². The lowest BCUT2D eigenvalue weighted by molar-refractivity contribution is -0.137. The maximum atomic E-state index is 13.0. The second kappa shape index (κ2) is 9.49. The number of sulfonamides is 1. The molecular formula is C22H21F3N4O3S. The first-order valence-corrected chi connectivity index (χ1v) is 11.2. The van der Waals surface area contributed by atoms with Gasteiger partial charge in [-0.05, 0) is 36.4 Å². The number of carbonyl (C=O) groups excluding carboxylic acids is 1. The van der Waals surface area contributed by atoms with Crippen molar-refractivity contribution in [1.29, 1.82) is 0 Å². The van der Waals surface area contributed by atoms with Gasteiger partial charge in [-0.2, -0.15) is 13.2 Å². The third-order valence-electron chi connectivity index (χ3n) is 4.62. The number of hydrogen-bond donors (Lipinski definition) is 2. The molecule has 3 rings (SSSR count). The summed E-state index contributed by atoms with van der Waals surface area (Å²) in [6.45, 7) is 0.134. The molecule has 7 nitrogen and oxygen atoms in total. The number of aromatic nitrogens is 1. The molecule has 0 atom stereocenters. The molecule has 0 aliphatic heterocycles. The maximum Gasteiger partial charge on any atom is 0.416 e. The van der Waals surface area contributed by atoms with Crippen molar-refractivity contribution in [2.45, 2.75) is 17.6 Å². The number of benzene rings is 2. The van der Waals surface area contributed by atoms with Crippen LogP contribution in [0.1, 0.15) is 21.5 Å². The second-order valence-electron chi connectivity index (χ2n) is 7.24. The number of anilines is 2. The van der Waals surface area contributed by atoms with Crippen molar-refractivity contribution < 1.29 is 26.4 Å². The van der Waals surface area contributed by atoms with Crippen LogP contribution in [0.15, 0.2) is 71.8 Å². The topological polar surface area (TPSA) is 91.4 Å². The Labute approximate surface area is 189 Å². The summed E-state index contributed by atoms with van der Waals surface area (Å²) in [6.07, 6.45) is -3.07. The average Bonchev–Trinajstić information content (AvgIpc) is 2.77. The zero-order chi connectivity index (χ0) is 24.2. The first-order chi connectivity index (χ1) is 15.5. The van der Waals surface area contributed by atoms with Crippen molar-refractivity contribution >= 4 is 27.4 Å². The number of rotatable bonds is 7. The van der Waals surface area contributed by atoms with E-state index in [1.807, 2.05) is 14.1 Å². The smallest absolute Gasteiger partial charge is 0.362 e. The van der Waals surface area contributed by atoms with E-state index >= 15 is 0 Å². The highest BCUT2D eigenvalue weighted by atomic mass is 32.2. The minimum Gasteiger partial charge on any atom is -0.362 e. The summed E-state index contributed by atoms with van der Waals surface area (Å²) in [5, 5.41) is 2.72. The van der Waals surface area contributed by atoms with Gasteiger partial charge in [0.1, 0.15) is 5.82 Å². The van der Waals surface area contributed by atoms with Gasteiger partial charge in [0.15, 0.2) is 0 Å². The first kappa shape index (κ1) is 24.1. The van der Waals surface area contributed by atoms with E-state index in [0.717, 1.165) is 23.8 Å². The van der Waals surface area contributed by atoms with Gasteiger partial charge in [0.05, 0.1) is 21.7 Å². The molecule has 1 aromatic heterocycles. The highest BCUT2D eigenvalue weighted by Gasteiger charge is 2.32. The molecule has 11 heteroatoms. The Hall–Kier alpha value is -3.60. The van der Waals surface area contributed by atoms with E-state index < -0.39 is 32.6 Å². The molecule has 0 aliphatic rings. The molecule has 33 heavy (non-hydrogen) atoms. The van der Waals surface area contributed by atoms with Gasteiger partial charge in [-0.15, -0.1) is 0 Å². The number of alkyl halides is 3. The zero-order valence-corrected chi connectivity index (χ0v) is 18.5. The SMILES string of the molecule is CN(C)c1ncccc1CNC(=O)c1ccccc1NS(=O)(=O)c1cccc(C(F)(F)F)c1. The number of amides is 1. The predicted octanol–water partition coefficient (Wildman–Crippen LogP) is 3.90. The van der Waals surface area contributed by atoms with Crippen molar-refractivity contribution in [3.63, 3.8) is 0 Å². The Balaban J connectivity index is 1.83. The van der Waals surface area contributed by atoms with E-state index in [1.165, 1.54) is 18.2 Å². The van der Waals surface area contributed by atoms with Crippen LogP contribution < -0.4 is 14.9 Å². The second-order valence-corrected chi connectivity index (χ2v) is 8.92. The summed E-state index contributed by atoms with van der Waals surface area (Å²) in [4.78, 5) is 18.3. The van der Waals surface area contributed by atoms with Gasteiger partial charge in [-0.3, -0.25) is 9.52 Å². The molecule has 0 bridgehead atoms. The van der Waals surface area contributed by atoms with Crippen molar-refractivity contribution in [3.8, 4) is 0 Å². The Morgan fingerprint density at radius 3 is 2.45 bits per heavy atom. The number of pyridine rings is 1. The van der Waals surface area contributed by atoms with Crippen molar-refractivity contribution in [1.82, 2.24) is 10.3 Å². The third kappa shape index (κ3) is 5.80. The van der Waals surface area contributed by atoms with Gasteiger partial charge >= 0.3 is 6.18 Å². The Morgan fingerprint density at radius 2 is 1.76 bits per heavy atom. The van der Waals surface area contributed by atoms with E-state index in [1.54, 1.807) is 29.3 Å². The zero-order valence-electron chi connectivity index (χ0n) is 17.7. The van der Waals surface area contributed by atoms with Crippen LogP contribution >= 0.6 is 0 Å². The monoisotopic (exact) mass is 478 g/mol. The van der Waals surface area contributed by atoms with Crippen LogP contribution in [0, 0.1) is 0 Å². The molecule has 2 aromatic carbocycles. The van der Waals surface area contributed by atoms with Gasteiger partial charge in [0, 0.05) is 32.4 Å². The van der Waals surface area contributed by atoms with Crippen LogP contribution in [0.5, 0.6) is 0 Å². The minimum absolute atomic E-state index is 0.0170. The van der Waals surface area contributed by atoms with Gasteiger partial charge in [-0.1, -0.05) is 24.3 Å². The van der Waals surface area contributed by atoms with Crippen molar-refractivity contribution in [2.75, 3.05) is 23.7 Å². The number of nitrogens with zero attached hydrogens (tertiary/aromatic N) is 2. The lowest BCUT2D eigenvalue weighted by Crippen LogP contribution is -2.26. The quantitative estimate of drug-likeness (QED) is 0.538. The van der Waals surface area contributed by atoms with E-state index in [9.17, 15) is 26.4 Å². The summed E-state index contributed by atoms with van der Waals surface area (Å²) < 4.78 is 66.6. The number of nitrogens with one attached hydrogen (secondary N) is 2. The average molecular weight is 478 g/mol. The molecule has 0 aliphatic carbocycles. The Morgan fingerprint density at radius 1 is 1.03 bits per heavy atom. The molecule has 0 spiro atoms. The molecule has 0 radical (unpaired) electrons. The molecule has 1 heterocycles. The molecule has 0 fully saturated rings. The van der Waals surface area contributed by atoms with Crippen LogP contribution in [0.25, 0.3) is 0 Å². The van der Waals surface area contributed by atoms with E-state index in [2.05, 4.69) is 15.0 Å². The maximum absolute atomic E-state index is 13.0. The summed E-state index contributed by atoms with van der Waals surface area (Å²) in [5.41, 5.74) is -0.391. The molecule has 174 valence electrons. The summed E-state index contributed by atoms with van der Waals surface area (Å²) >= 11 is 0. The Bertz CT molecular complexity index is 1260. The van der Waals surface area contributed by atoms with Crippen LogP contribution in [-0.4, -0.2) is 33.4 Å². The number of para-hydroxylation sites is 1. The molecule has 0 unspecified atom stereocenters. The summed E-state index contributed by atoms with van der Waals surface area (Å²) in [5.74, 6) is 0.0993. The summed E-state index contributed by atoms with van der Waals surface area (Å²) in [7, 11) is -0.762. The minimum atomic E-state index is -4.69. The third-order valence-corrected chi connectivity index (χ3v) is 5.98. The van der Waals surface area contributed by atoms with Gasteiger partial charge in [0.25, 0.3) is 15.9 Å². The van der Waals surface area contributed by atoms with Crippen molar-refractivity contribution in [2.24, 2.45) is 0 Å². The predicted molar refractivity (Wildman–Crippen MR) is 118 cm³/mol. The number of halogens is 3. The van der Waals surface area contributed by atoms with E-state index in [-0.39, 0.29) is 17.8 Å². The first-order valence-electron chi connectivity index (χ1n) is 9.67. The molecule has 3 aromatic rings. The Kier molecular flexibility index (Phi) is 6.92. The van der Waals surface area contributed by atoms with Gasteiger partial charge < -0.3 is 10.2 Å². The highest BCUT2D eigenvalue weighted by Crippen LogP contribution is 2.31. The largest absolute Gasteiger partial charge is 0.416 e. The fourth-order valence-corrected chi connectivity index (χ4v) is 4.18. The lowest BCUT2D eigenvalue weighted by atomic mass is 10.1. The fraction of sp³-hybridized carbons (Fsp3) is 0.182. The molecule has 1 amide bonds. The van der Waals surface area contributed by atoms with Crippen LogP contribution in [0.4, 0.5) is 24.7 Å².